The van der Waals surface area contributed by atoms with Gasteiger partial charge in [-0.25, -0.2) is 8.42 Å². The molecule has 0 bridgehead atoms. The van der Waals surface area contributed by atoms with E-state index in [2.05, 4.69) is 4.98 Å². The number of allylic oxidation sites excluding steroid dienone is 1. The third kappa shape index (κ3) is 3.89. The Labute approximate surface area is 165 Å². The first-order valence-electron chi connectivity index (χ1n) is 7.35. The summed E-state index contributed by atoms with van der Waals surface area (Å²) in [6.45, 7) is 0. The molecular weight excluding hydrogens is 415 g/mol. The van der Waals surface area contributed by atoms with Gasteiger partial charge in [-0.2, -0.15) is 5.26 Å². The van der Waals surface area contributed by atoms with Crippen LogP contribution in [0.4, 0.5) is 0 Å². The summed E-state index contributed by atoms with van der Waals surface area (Å²) in [7, 11) is -3.89. The van der Waals surface area contributed by atoms with Crippen LogP contribution < -0.4 is 0 Å². The van der Waals surface area contributed by atoms with Gasteiger partial charge < -0.3 is 4.98 Å². The molecule has 0 fully saturated rings. The van der Waals surface area contributed by atoms with Crippen molar-refractivity contribution in [2.75, 3.05) is 0 Å². The van der Waals surface area contributed by atoms with Gasteiger partial charge in [0, 0.05) is 37.7 Å². The molecule has 0 saturated carbocycles. The lowest BCUT2D eigenvalue weighted by molar-refractivity contribution is 0.602. The average Bonchev–Trinajstić information content (AvgIpc) is 2.97. The molecule has 0 aliphatic carbocycles. The molecule has 1 heterocycles. The van der Waals surface area contributed by atoms with E-state index in [9.17, 15) is 13.7 Å². The highest BCUT2D eigenvalue weighted by molar-refractivity contribution is 7.95. The van der Waals surface area contributed by atoms with E-state index in [1.807, 2.05) is 0 Å². The van der Waals surface area contributed by atoms with Gasteiger partial charge in [-0.1, -0.05) is 40.9 Å². The largest absolute Gasteiger partial charge is 0.361 e. The number of nitrogens with one attached hydrogen (secondary N) is 1. The van der Waals surface area contributed by atoms with Gasteiger partial charge in [0.15, 0.2) is 9.84 Å². The molecule has 0 aliphatic rings. The summed E-state index contributed by atoms with van der Waals surface area (Å²) in [4.78, 5) is 2.66. The van der Waals surface area contributed by atoms with Gasteiger partial charge >= 0.3 is 0 Å². The standard InChI is InChI=1S/C18H11Cl3N2O2S/c19-13-3-4-18-16(6-13)12(9-23-18)5-15(8-22)26(24,25)10-11-1-2-14(20)7-17(11)21/h1-7,9,23H,10H2/b15-5-. The van der Waals surface area contributed by atoms with Crippen LogP contribution in [-0.4, -0.2) is 13.4 Å². The van der Waals surface area contributed by atoms with Crippen LogP contribution in [0.3, 0.4) is 0 Å². The molecule has 1 N–H and O–H groups in total. The Morgan fingerprint density at radius 2 is 1.81 bits per heavy atom. The van der Waals surface area contributed by atoms with Gasteiger partial charge in [-0.15, -0.1) is 0 Å². The number of hydrogen-bond acceptors (Lipinski definition) is 3. The first-order chi connectivity index (χ1) is 12.3. The summed E-state index contributed by atoms with van der Waals surface area (Å²) in [5, 5.41) is 11.3. The number of sulfone groups is 1. The zero-order chi connectivity index (χ0) is 18.9. The van der Waals surface area contributed by atoms with E-state index in [0.717, 1.165) is 10.9 Å². The fourth-order valence-electron chi connectivity index (χ4n) is 2.49. The summed E-state index contributed by atoms with van der Waals surface area (Å²) < 4.78 is 25.4. The lowest BCUT2D eigenvalue weighted by atomic mass is 10.1. The van der Waals surface area contributed by atoms with Crippen molar-refractivity contribution in [3.63, 3.8) is 0 Å². The minimum atomic E-state index is -3.89. The van der Waals surface area contributed by atoms with Gasteiger partial charge in [0.2, 0.25) is 0 Å². The van der Waals surface area contributed by atoms with E-state index in [1.54, 1.807) is 36.5 Å². The van der Waals surface area contributed by atoms with E-state index < -0.39 is 15.6 Å². The quantitative estimate of drug-likeness (QED) is 0.552. The molecule has 0 amide bonds. The molecule has 3 rings (SSSR count). The Hall–Kier alpha value is -1.97. The minimum absolute atomic E-state index is 0.234. The molecule has 3 aromatic rings. The van der Waals surface area contributed by atoms with Gasteiger partial charge in [0.05, 0.1) is 5.75 Å². The Morgan fingerprint density at radius 3 is 2.50 bits per heavy atom. The second kappa shape index (κ2) is 7.34. The summed E-state index contributed by atoms with van der Waals surface area (Å²) in [5.74, 6) is -0.397. The number of nitriles is 1. The van der Waals surface area contributed by atoms with Crippen molar-refractivity contribution in [2.24, 2.45) is 0 Å². The van der Waals surface area contributed by atoms with Crippen molar-refractivity contribution in [1.82, 2.24) is 4.98 Å². The van der Waals surface area contributed by atoms with Crippen LogP contribution in [0.2, 0.25) is 15.1 Å². The number of rotatable bonds is 4. The summed E-state index contributed by atoms with van der Waals surface area (Å²) >= 11 is 17.9. The molecule has 0 radical (unpaired) electrons. The molecule has 0 aliphatic heterocycles. The Balaban J connectivity index is 2.02. The van der Waals surface area contributed by atoms with E-state index in [4.69, 9.17) is 34.8 Å². The zero-order valence-electron chi connectivity index (χ0n) is 13.1. The van der Waals surface area contributed by atoms with Crippen LogP contribution in [-0.2, 0) is 15.6 Å². The van der Waals surface area contributed by atoms with Gasteiger partial charge in [-0.05, 0) is 42.0 Å². The van der Waals surface area contributed by atoms with Crippen LogP contribution in [0.5, 0.6) is 0 Å². The fourth-order valence-corrected chi connectivity index (χ4v) is 4.48. The summed E-state index contributed by atoms with van der Waals surface area (Å²) in [6.07, 6.45) is 2.96. The highest BCUT2D eigenvalue weighted by atomic mass is 35.5. The number of H-pyrrole nitrogens is 1. The van der Waals surface area contributed by atoms with Crippen molar-refractivity contribution in [3.05, 3.63) is 73.7 Å². The lowest BCUT2D eigenvalue weighted by Crippen LogP contribution is -2.07. The number of hydrogen-bond donors (Lipinski definition) is 1. The Bertz CT molecular complexity index is 1170. The normalized spacial score (nSPS) is 12.3. The predicted molar refractivity (Wildman–Crippen MR) is 106 cm³/mol. The average molecular weight is 426 g/mol. The maximum Gasteiger partial charge on any atom is 0.192 e. The van der Waals surface area contributed by atoms with Crippen LogP contribution in [0.15, 0.2) is 47.5 Å². The number of aromatic amines is 1. The Kier molecular flexibility index (Phi) is 5.31. The second-order valence-electron chi connectivity index (χ2n) is 5.55. The van der Waals surface area contributed by atoms with E-state index >= 15 is 0 Å². The van der Waals surface area contributed by atoms with Crippen molar-refractivity contribution in [1.29, 1.82) is 5.26 Å². The highest BCUT2D eigenvalue weighted by Gasteiger charge is 2.21. The first kappa shape index (κ1) is 18.8. The van der Waals surface area contributed by atoms with Crippen molar-refractivity contribution in [3.8, 4) is 6.07 Å². The molecule has 0 spiro atoms. The van der Waals surface area contributed by atoms with Crippen LogP contribution in [0.1, 0.15) is 11.1 Å². The van der Waals surface area contributed by atoms with Crippen molar-refractivity contribution >= 4 is 61.6 Å². The molecule has 0 unspecified atom stereocenters. The third-order valence-corrected chi connectivity index (χ3v) is 6.16. The summed E-state index contributed by atoms with van der Waals surface area (Å²) in [6, 6.07) is 11.5. The number of aromatic nitrogens is 1. The third-order valence-electron chi connectivity index (χ3n) is 3.77. The van der Waals surface area contributed by atoms with Gasteiger partial charge in [-0.3, -0.25) is 0 Å². The lowest BCUT2D eigenvalue weighted by Gasteiger charge is -2.06. The number of halogens is 3. The first-order valence-corrected chi connectivity index (χ1v) is 10.1. The molecule has 0 saturated heterocycles. The second-order valence-corrected chi connectivity index (χ2v) is 8.79. The van der Waals surface area contributed by atoms with E-state index in [1.165, 1.54) is 18.2 Å². The number of benzene rings is 2. The smallest absolute Gasteiger partial charge is 0.192 e. The molecule has 132 valence electrons. The molecule has 2 aromatic carbocycles. The van der Waals surface area contributed by atoms with E-state index in [-0.39, 0.29) is 9.93 Å². The maximum absolute atomic E-state index is 12.7. The predicted octanol–water partition coefficient (Wildman–Crippen LogP) is 5.61. The monoisotopic (exact) mass is 424 g/mol. The van der Waals surface area contributed by atoms with Gasteiger partial charge in [0.25, 0.3) is 0 Å². The van der Waals surface area contributed by atoms with Crippen LogP contribution >= 0.6 is 34.8 Å². The number of fused-ring (bicyclic) bond motifs is 1. The SMILES string of the molecule is N#C/C(=C/c1c[nH]c2ccc(Cl)cc12)S(=O)(=O)Cc1ccc(Cl)cc1Cl. The molecule has 4 nitrogen and oxygen atoms in total. The highest BCUT2D eigenvalue weighted by Crippen LogP contribution is 2.28. The van der Waals surface area contributed by atoms with E-state index in [0.29, 0.717) is 21.2 Å². The molecular formula is C18H11Cl3N2O2S. The van der Waals surface area contributed by atoms with Crippen LogP contribution in [0, 0.1) is 11.3 Å². The van der Waals surface area contributed by atoms with Crippen molar-refractivity contribution < 1.29 is 8.42 Å². The minimum Gasteiger partial charge on any atom is -0.361 e. The van der Waals surface area contributed by atoms with Crippen molar-refractivity contribution in [2.45, 2.75) is 5.75 Å². The maximum atomic E-state index is 12.7. The summed E-state index contributed by atoms with van der Waals surface area (Å²) in [5.41, 5.74) is 1.72. The number of nitrogens with zero attached hydrogens (tertiary/aromatic N) is 1. The van der Waals surface area contributed by atoms with Gasteiger partial charge in [0.1, 0.15) is 11.0 Å². The molecule has 1 aromatic heterocycles. The topological polar surface area (TPSA) is 73.7 Å². The molecule has 0 atom stereocenters. The zero-order valence-corrected chi connectivity index (χ0v) is 16.2. The molecule has 26 heavy (non-hydrogen) atoms. The fraction of sp³-hybridized carbons (Fsp3) is 0.0556. The van der Waals surface area contributed by atoms with Crippen LogP contribution in [0.25, 0.3) is 17.0 Å². The Morgan fingerprint density at radius 1 is 1.12 bits per heavy atom. The molecule has 8 heteroatoms.